The van der Waals surface area contributed by atoms with Crippen molar-refractivity contribution in [2.45, 2.75) is 13.3 Å². The van der Waals surface area contributed by atoms with Crippen molar-refractivity contribution in [1.82, 2.24) is 0 Å². The Bertz CT molecular complexity index is 401. The predicted molar refractivity (Wildman–Crippen MR) is 57.1 cm³/mol. The average Bonchev–Trinajstić information content (AvgIpc) is 2.43. The Kier molecular flexibility index (Phi) is 2.82. The molecule has 1 aromatic rings. The minimum atomic E-state index is -0.0478. The normalized spacial score (nSPS) is 14.5. The standard InChI is InChI=1S/C11H11ClO3/c1-7(13)8-3-4-9(12)11-10(8)14-5-2-6-15-11/h3-4H,2,5-6H2,1H3. The first-order valence-electron chi connectivity index (χ1n) is 4.79. The summed E-state index contributed by atoms with van der Waals surface area (Å²) in [6.07, 6.45) is 0.794. The van der Waals surface area contributed by atoms with Crippen LogP contribution in [0.3, 0.4) is 0 Å². The fourth-order valence-corrected chi connectivity index (χ4v) is 1.70. The van der Waals surface area contributed by atoms with Crippen LogP contribution in [0.4, 0.5) is 0 Å². The molecule has 0 unspecified atom stereocenters. The lowest BCUT2D eigenvalue weighted by Crippen LogP contribution is -2.01. The lowest BCUT2D eigenvalue weighted by molar-refractivity contribution is 0.101. The van der Waals surface area contributed by atoms with Gasteiger partial charge in [0.15, 0.2) is 17.3 Å². The summed E-state index contributed by atoms with van der Waals surface area (Å²) in [4.78, 5) is 11.4. The summed E-state index contributed by atoms with van der Waals surface area (Å²) in [5.41, 5.74) is 0.524. The summed E-state index contributed by atoms with van der Waals surface area (Å²) < 4.78 is 11.0. The number of benzene rings is 1. The van der Waals surface area contributed by atoms with Crippen LogP contribution in [0.5, 0.6) is 11.5 Å². The van der Waals surface area contributed by atoms with E-state index in [-0.39, 0.29) is 5.78 Å². The van der Waals surface area contributed by atoms with E-state index in [0.717, 1.165) is 6.42 Å². The van der Waals surface area contributed by atoms with Gasteiger partial charge >= 0.3 is 0 Å². The van der Waals surface area contributed by atoms with Crippen molar-refractivity contribution in [3.05, 3.63) is 22.7 Å². The lowest BCUT2D eigenvalue weighted by atomic mass is 10.1. The number of hydrogen-bond acceptors (Lipinski definition) is 3. The smallest absolute Gasteiger partial charge is 0.180 e. The summed E-state index contributed by atoms with van der Waals surface area (Å²) in [5.74, 6) is 0.919. The molecule has 1 aromatic carbocycles. The van der Waals surface area contributed by atoms with Crippen molar-refractivity contribution < 1.29 is 14.3 Å². The number of rotatable bonds is 1. The molecule has 0 N–H and O–H groups in total. The molecule has 1 aliphatic heterocycles. The molecule has 80 valence electrons. The SMILES string of the molecule is CC(=O)c1ccc(Cl)c2c1OCCCO2. The number of fused-ring (bicyclic) bond motifs is 1. The molecule has 0 saturated heterocycles. The van der Waals surface area contributed by atoms with Crippen LogP contribution in [0.1, 0.15) is 23.7 Å². The predicted octanol–water partition coefficient (Wildman–Crippen LogP) is 2.70. The molecule has 0 aromatic heterocycles. The summed E-state index contributed by atoms with van der Waals surface area (Å²) in [6, 6.07) is 3.32. The second kappa shape index (κ2) is 4.11. The van der Waals surface area contributed by atoms with Crippen LogP contribution in [-0.4, -0.2) is 19.0 Å². The van der Waals surface area contributed by atoms with E-state index >= 15 is 0 Å². The molecule has 0 aliphatic carbocycles. The molecule has 0 saturated carbocycles. The molecule has 15 heavy (non-hydrogen) atoms. The Balaban J connectivity index is 2.56. The number of hydrogen-bond donors (Lipinski definition) is 0. The molecule has 2 rings (SSSR count). The minimum absolute atomic E-state index is 0.0478. The zero-order valence-electron chi connectivity index (χ0n) is 8.38. The summed E-state index contributed by atoms with van der Waals surface area (Å²) in [5, 5.41) is 0.483. The minimum Gasteiger partial charge on any atom is -0.489 e. The highest BCUT2D eigenvalue weighted by Crippen LogP contribution is 2.39. The van der Waals surface area contributed by atoms with Crippen molar-refractivity contribution in [3.8, 4) is 11.5 Å². The van der Waals surface area contributed by atoms with E-state index in [2.05, 4.69) is 0 Å². The Morgan fingerprint density at radius 1 is 1.27 bits per heavy atom. The van der Waals surface area contributed by atoms with Gasteiger partial charge < -0.3 is 9.47 Å². The maximum absolute atomic E-state index is 11.4. The van der Waals surface area contributed by atoms with Crippen molar-refractivity contribution in [2.24, 2.45) is 0 Å². The van der Waals surface area contributed by atoms with E-state index in [0.29, 0.717) is 35.3 Å². The van der Waals surface area contributed by atoms with Crippen LogP contribution >= 0.6 is 11.6 Å². The number of ketones is 1. The van der Waals surface area contributed by atoms with Gasteiger partial charge in [0, 0.05) is 6.42 Å². The monoisotopic (exact) mass is 226 g/mol. The van der Waals surface area contributed by atoms with E-state index in [1.54, 1.807) is 12.1 Å². The summed E-state index contributed by atoms with van der Waals surface area (Å²) in [7, 11) is 0. The van der Waals surface area contributed by atoms with Gasteiger partial charge in [-0.05, 0) is 19.1 Å². The first-order valence-corrected chi connectivity index (χ1v) is 5.17. The van der Waals surface area contributed by atoms with Gasteiger partial charge in [0.1, 0.15) is 0 Å². The fourth-order valence-electron chi connectivity index (χ4n) is 1.50. The van der Waals surface area contributed by atoms with Gasteiger partial charge in [0.25, 0.3) is 0 Å². The topological polar surface area (TPSA) is 35.5 Å². The molecule has 0 radical (unpaired) electrons. The van der Waals surface area contributed by atoms with Crippen LogP contribution in [0.15, 0.2) is 12.1 Å². The quantitative estimate of drug-likeness (QED) is 0.691. The summed E-state index contributed by atoms with van der Waals surface area (Å²) in [6.45, 7) is 2.61. The molecule has 0 spiro atoms. The van der Waals surface area contributed by atoms with Crippen molar-refractivity contribution in [2.75, 3.05) is 13.2 Å². The van der Waals surface area contributed by atoms with Crippen molar-refractivity contribution in [1.29, 1.82) is 0 Å². The molecular weight excluding hydrogens is 216 g/mol. The Labute approximate surface area is 92.9 Å². The summed E-state index contributed by atoms with van der Waals surface area (Å²) >= 11 is 5.98. The zero-order valence-corrected chi connectivity index (χ0v) is 9.13. The van der Waals surface area contributed by atoms with Gasteiger partial charge in [0.05, 0.1) is 23.8 Å². The highest BCUT2D eigenvalue weighted by Gasteiger charge is 2.20. The van der Waals surface area contributed by atoms with Crippen LogP contribution in [0, 0.1) is 0 Å². The molecule has 1 heterocycles. The van der Waals surface area contributed by atoms with Gasteiger partial charge in [-0.25, -0.2) is 0 Å². The van der Waals surface area contributed by atoms with Gasteiger partial charge in [-0.15, -0.1) is 0 Å². The van der Waals surface area contributed by atoms with E-state index in [1.165, 1.54) is 6.92 Å². The third-order valence-electron chi connectivity index (χ3n) is 2.22. The lowest BCUT2D eigenvalue weighted by Gasteiger charge is -2.11. The van der Waals surface area contributed by atoms with E-state index in [1.807, 2.05) is 0 Å². The van der Waals surface area contributed by atoms with Crippen LogP contribution in [-0.2, 0) is 0 Å². The molecule has 0 atom stereocenters. The number of Topliss-reactive ketones (excluding diaryl/α,β-unsaturated/α-hetero) is 1. The Morgan fingerprint density at radius 2 is 1.93 bits per heavy atom. The zero-order chi connectivity index (χ0) is 10.8. The number of halogens is 1. The van der Waals surface area contributed by atoms with E-state index in [4.69, 9.17) is 21.1 Å². The number of carbonyl (C=O) groups excluding carboxylic acids is 1. The first kappa shape index (κ1) is 10.3. The number of ether oxygens (including phenoxy) is 2. The third kappa shape index (κ3) is 1.92. The second-order valence-electron chi connectivity index (χ2n) is 3.36. The molecular formula is C11H11ClO3. The molecule has 1 aliphatic rings. The van der Waals surface area contributed by atoms with Crippen LogP contribution in [0.25, 0.3) is 0 Å². The third-order valence-corrected chi connectivity index (χ3v) is 2.52. The largest absolute Gasteiger partial charge is 0.489 e. The molecule has 0 bridgehead atoms. The van der Waals surface area contributed by atoms with Crippen molar-refractivity contribution >= 4 is 17.4 Å². The molecule has 0 amide bonds. The second-order valence-corrected chi connectivity index (χ2v) is 3.77. The van der Waals surface area contributed by atoms with E-state index in [9.17, 15) is 4.79 Å². The van der Waals surface area contributed by atoms with Crippen LogP contribution < -0.4 is 9.47 Å². The number of carbonyl (C=O) groups is 1. The van der Waals surface area contributed by atoms with Crippen LogP contribution in [0.2, 0.25) is 5.02 Å². The maximum atomic E-state index is 11.4. The Hall–Kier alpha value is -1.22. The molecule has 3 nitrogen and oxygen atoms in total. The highest BCUT2D eigenvalue weighted by atomic mass is 35.5. The average molecular weight is 227 g/mol. The fraction of sp³-hybridized carbons (Fsp3) is 0.364. The first-order chi connectivity index (χ1) is 7.20. The van der Waals surface area contributed by atoms with Crippen molar-refractivity contribution in [3.63, 3.8) is 0 Å². The highest BCUT2D eigenvalue weighted by molar-refractivity contribution is 6.32. The Morgan fingerprint density at radius 3 is 2.60 bits per heavy atom. The molecule has 0 fully saturated rings. The van der Waals surface area contributed by atoms with Gasteiger partial charge in [-0.2, -0.15) is 0 Å². The van der Waals surface area contributed by atoms with E-state index < -0.39 is 0 Å². The van der Waals surface area contributed by atoms with Gasteiger partial charge in [-0.1, -0.05) is 11.6 Å². The molecule has 4 heteroatoms. The van der Waals surface area contributed by atoms with Gasteiger partial charge in [0.2, 0.25) is 0 Å². The maximum Gasteiger partial charge on any atom is 0.180 e. The van der Waals surface area contributed by atoms with Gasteiger partial charge in [-0.3, -0.25) is 4.79 Å².